The van der Waals surface area contributed by atoms with Crippen molar-refractivity contribution in [3.63, 3.8) is 0 Å². The molecule has 0 heterocycles. The van der Waals surface area contributed by atoms with E-state index in [0.29, 0.717) is 18.7 Å². The number of benzene rings is 1. The average molecular weight is 370 g/mol. The van der Waals surface area contributed by atoms with Gasteiger partial charge in [-0.05, 0) is 37.1 Å². The molecule has 1 aromatic rings. The molecule has 0 aliphatic rings. The van der Waals surface area contributed by atoms with Gasteiger partial charge in [0.25, 0.3) is 5.91 Å². The quantitative estimate of drug-likeness (QED) is 0.656. The van der Waals surface area contributed by atoms with Crippen molar-refractivity contribution in [3.8, 4) is 0 Å². The van der Waals surface area contributed by atoms with Gasteiger partial charge in [0.1, 0.15) is 0 Å². The van der Waals surface area contributed by atoms with E-state index >= 15 is 0 Å². The van der Waals surface area contributed by atoms with Crippen molar-refractivity contribution in [1.82, 2.24) is 10.6 Å². The molecule has 0 aliphatic carbocycles. The Bertz CT molecular complexity index is 499. The molecule has 0 aromatic heterocycles. The Morgan fingerprint density at radius 2 is 1.73 bits per heavy atom. The summed E-state index contributed by atoms with van der Waals surface area (Å²) < 4.78 is 0.917. The standard InChI is InChI=1S/C16H24BrN3O2/c1-3-16(18,4-2)11-20-14(21)9-10-19-15(22)12-5-7-13(17)8-6-12/h5-8H,3-4,9-11,18H2,1-2H3,(H,19,22)(H,20,21). The van der Waals surface area contributed by atoms with Gasteiger partial charge in [0.15, 0.2) is 0 Å². The van der Waals surface area contributed by atoms with Crippen molar-refractivity contribution < 1.29 is 9.59 Å². The largest absolute Gasteiger partial charge is 0.354 e. The van der Waals surface area contributed by atoms with Crippen LogP contribution in [-0.2, 0) is 4.79 Å². The zero-order chi connectivity index (χ0) is 16.6. The highest BCUT2D eigenvalue weighted by molar-refractivity contribution is 9.10. The third-order valence-electron chi connectivity index (χ3n) is 3.79. The van der Waals surface area contributed by atoms with Gasteiger partial charge in [-0.1, -0.05) is 29.8 Å². The van der Waals surface area contributed by atoms with Crippen LogP contribution in [0.2, 0.25) is 0 Å². The lowest BCUT2D eigenvalue weighted by atomic mass is 9.94. The van der Waals surface area contributed by atoms with Crippen molar-refractivity contribution in [2.45, 2.75) is 38.6 Å². The number of nitrogens with two attached hydrogens (primary N) is 1. The topological polar surface area (TPSA) is 84.2 Å². The van der Waals surface area contributed by atoms with E-state index in [1.165, 1.54) is 0 Å². The third-order valence-corrected chi connectivity index (χ3v) is 4.32. The number of nitrogens with one attached hydrogen (secondary N) is 2. The smallest absolute Gasteiger partial charge is 0.251 e. The molecule has 1 rings (SSSR count). The SMILES string of the molecule is CCC(N)(CC)CNC(=O)CCNC(=O)c1ccc(Br)cc1. The van der Waals surface area contributed by atoms with E-state index in [4.69, 9.17) is 5.73 Å². The average Bonchev–Trinajstić information content (AvgIpc) is 2.53. The fourth-order valence-electron chi connectivity index (χ4n) is 1.86. The lowest BCUT2D eigenvalue weighted by Crippen LogP contribution is -2.49. The Kier molecular flexibility index (Phi) is 7.55. The number of amides is 2. The summed E-state index contributed by atoms with van der Waals surface area (Å²) in [7, 11) is 0. The first-order valence-electron chi connectivity index (χ1n) is 7.49. The maximum atomic E-state index is 11.9. The summed E-state index contributed by atoms with van der Waals surface area (Å²) in [6, 6.07) is 7.06. The lowest BCUT2D eigenvalue weighted by Gasteiger charge is -2.26. The molecule has 0 aliphatic heterocycles. The van der Waals surface area contributed by atoms with E-state index in [0.717, 1.165) is 17.3 Å². The van der Waals surface area contributed by atoms with Crippen molar-refractivity contribution in [3.05, 3.63) is 34.3 Å². The normalized spacial score (nSPS) is 11.1. The number of hydrogen-bond acceptors (Lipinski definition) is 3. The molecule has 0 radical (unpaired) electrons. The predicted octanol–water partition coefficient (Wildman–Crippen LogP) is 2.20. The minimum atomic E-state index is -0.351. The van der Waals surface area contributed by atoms with Crippen LogP contribution in [0.3, 0.4) is 0 Å². The van der Waals surface area contributed by atoms with Gasteiger partial charge in [-0.3, -0.25) is 9.59 Å². The summed E-state index contributed by atoms with van der Waals surface area (Å²) in [5, 5.41) is 5.55. The lowest BCUT2D eigenvalue weighted by molar-refractivity contribution is -0.121. The summed E-state index contributed by atoms with van der Waals surface area (Å²) in [6.45, 7) is 4.78. The van der Waals surface area contributed by atoms with Crippen LogP contribution >= 0.6 is 15.9 Å². The Morgan fingerprint density at radius 3 is 2.27 bits per heavy atom. The second kappa shape index (κ2) is 8.90. The molecule has 5 nitrogen and oxygen atoms in total. The number of carbonyl (C=O) groups excluding carboxylic acids is 2. The first kappa shape index (κ1) is 18.6. The van der Waals surface area contributed by atoms with Crippen LogP contribution in [0, 0.1) is 0 Å². The molecule has 0 bridgehead atoms. The molecule has 0 fully saturated rings. The molecule has 0 atom stereocenters. The Labute approximate surface area is 140 Å². The van der Waals surface area contributed by atoms with Crippen LogP contribution in [0.15, 0.2) is 28.7 Å². The van der Waals surface area contributed by atoms with Crippen molar-refractivity contribution in [2.24, 2.45) is 5.73 Å². The second-order valence-corrected chi connectivity index (χ2v) is 6.27. The summed E-state index contributed by atoms with van der Waals surface area (Å²) >= 11 is 3.32. The first-order chi connectivity index (χ1) is 10.4. The van der Waals surface area contributed by atoms with Gasteiger partial charge in [0, 0.05) is 35.1 Å². The van der Waals surface area contributed by atoms with Gasteiger partial charge in [-0.2, -0.15) is 0 Å². The summed E-state index contributed by atoms with van der Waals surface area (Å²) in [5.41, 5.74) is 6.34. The van der Waals surface area contributed by atoms with E-state index in [2.05, 4.69) is 26.6 Å². The van der Waals surface area contributed by atoms with Crippen molar-refractivity contribution in [1.29, 1.82) is 0 Å². The molecule has 2 amide bonds. The van der Waals surface area contributed by atoms with Crippen LogP contribution in [-0.4, -0.2) is 30.4 Å². The van der Waals surface area contributed by atoms with Crippen molar-refractivity contribution in [2.75, 3.05) is 13.1 Å². The Morgan fingerprint density at radius 1 is 1.14 bits per heavy atom. The Balaban J connectivity index is 2.30. The monoisotopic (exact) mass is 369 g/mol. The maximum absolute atomic E-state index is 11.9. The molecule has 0 unspecified atom stereocenters. The number of halogens is 1. The molecule has 122 valence electrons. The van der Waals surface area contributed by atoms with Gasteiger partial charge in [-0.25, -0.2) is 0 Å². The summed E-state index contributed by atoms with van der Waals surface area (Å²) in [4.78, 5) is 23.6. The highest BCUT2D eigenvalue weighted by Gasteiger charge is 2.20. The van der Waals surface area contributed by atoms with Crippen LogP contribution in [0.1, 0.15) is 43.5 Å². The molecule has 0 saturated heterocycles. The highest BCUT2D eigenvalue weighted by Crippen LogP contribution is 2.10. The molecule has 4 N–H and O–H groups in total. The fourth-order valence-corrected chi connectivity index (χ4v) is 2.12. The molecule has 0 saturated carbocycles. The van der Waals surface area contributed by atoms with Gasteiger partial charge in [-0.15, -0.1) is 0 Å². The molecular formula is C16H24BrN3O2. The van der Waals surface area contributed by atoms with E-state index in [1.807, 2.05) is 13.8 Å². The fraction of sp³-hybridized carbons (Fsp3) is 0.500. The second-order valence-electron chi connectivity index (χ2n) is 5.36. The first-order valence-corrected chi connectivity index (χ1v) is 8.29. The number of carbonyl (C=O) groups is 2. The minimum absolute atomic E-state index is 0.104. The molecule has 6 heteroatoms. The van der Waals surface area contributed by atoms with Gasteiger partial charge >= 0.3 is 0 Å². The predicted molar refractivity (Wildman–Crippen MR) is 91.6 cm³/mol. The molecular weight excluding hydrogens is 346 g/mol. The number of rotatable bonds is 8. The highest BCUT2D eigenvalue weighted by atomic mass is 79.9. The summed E-state index contributed by atoms with van der Waals surface area (Å²) in [5.74, 6) is -0.289. The van der Waals surface area contributed by atoms with Crippen LogP contribution in [0.4, 0.5) is 0 Å². The van der Waals surface area contributed by atoms with Crippen molar-refractivity contribution >= 4 is 27.7 Å². The zero-order valence-corrected chi connectivity index (χ0v) is 14.7. The zero-order valence-electron chi connectivity index (χ0n) is 13.1. The molecule has 1 aromatic carbocycles. The molecule has 0 spiro atoms. The van der Waals surface area contributed by atoms with Crippen LogP contribution in [0.25, 0.3) is 0 Å². The van der Waals surface area contributed by atoms with E-state index < -0.39 is 0 Å². The maximum Gasteiger partial charge on any atom is 0.251 e. The Hall–Kier alpha value is -1.40. The molecule has 22 heavy (non-hydrogen) atoms. The van der Waals surface area contributed by atoms with Crippen LogP contribution < -0.4 is 16.4 Å². The summed E-state index contributed by atoms with van der Waals surface area (Å²) in [6.07, 6.45) is 1.86. The van der Waals surface area contributed by atoms with E-state index in [-0.39, 0.29) is 23.8 Å². The van der Waals surface area contributed by atoms with Gasteiger partial charge < -0.3 is 16.4 Å². The van der Waals surface area contributed by atoms with Gasteiger partial charge in [0.2, 0.25) is 5.91 Å². The van der Waals surface area contributed by atoms with E-state index in [1.54, 1.807) is 24.3 Å². The van der Waals surface area contributed by atoms with E-state index in [9.17, 15) is 9.59 Å². The third kappa shape index (κ3) is 6.15. The van der Waals surface area contributed by atoms with Gasteiger partial charge in [0.05, 0.1) is 0 Å². The number of hydrogen-bond donors (Lipinski definition) is 3. The minimum Gasteiger partial charge on any atom is -0.354 e. The van der Waals surface area contributed by atoms with Crippen LogP contribution in [0.5, 0.6) is 0 Å².